The molecular weight excluding hydrogens is 299 g/mol. The molecule has 0 bridgehead atoms. The molecular formula is C17H17FN2OS. The van der Waals surface area contributed by atoms with Gasteiger partial charge < -0.3 is 5.32 Å². The van der Waals surface area contributed by atoms with Crippen molar-refractivity contribution in [3.63, 3.8) is 0 Å². The quantitative estimate of drug-likeness (QED) is 0.916. The number of benzene rings is 1. The lowest BCUT2D eigenvalue weighted by Crippen LogP contribution is -2.25. The molecule has 0 spiro atoms. The lowest BCUT2D eigenvalue weighted by molar-refractivity contribution is -0.122. The van der Waals surface area contributed by atoms with Crippen molar-refractivity contribution in [2.24, 2.45) is 5.92 Å². The van der Waals surface area contributed by atoms with E-state index in [0.717, 1.165) is 17.7 Å². The van der Waals surface area contributed by atoms with E-state index in [1.54, 1.807) is 23.5 Å². The van der Waals surface area contributed by atoms with E-state index < -0.39 is 0 Å². The Balaban J connectivity index is 1.30. The molecule has 1 amide bonds. The van der Waals surface area contributed by atoms with Gasteiger partial charge in [-0.15, -0.1) is 11.3 Å². The van der Waals surface area contributed by atoms with Gasteiger partial charge in [-0.25, -0.2) is 9.37 Å². The molecule has 2 aliphatic rings. The van der Waals surface area contributed by atoms with Gasteiger partial charge in [0.1, 0.15) is 5.82 Å². The highest BCUT2D eigenvalue weighted by atomic mass is 32.1. The first-order chi connectivity index (χ1) is 10.7. The number of rotatable bonds is 5. The number of halogens is 1. The smallest absolute Gasteiger partial charge is 0.224 e. The molecule has 1 aromatic heterocycles. The zero-order chi connectivity index (χ0) is 15.1. The molecule has 0 radical (unpaired) electrons. The minimum absolute atomic E-state index is 0.0204. The molecule has 2 fully saturated rings. The number of nitrogens with one attached hydrogen (secondary N) is 1. The van der Waals surface area contributed by atoms with E-state index in [0.29, 0.717) is 12.5 Å². The second kappa shape index (κ2) is 5.47. The predicted octanol–water partition coefficient (Wildman–Crippen LogP) is 3.58. The Kier molecular flexibility index (Phi) is 3.45. The molecule has 1 N–H and O–H groups in total. The average molecular weight is 316 g/mol. The van der Waals surface area contributed by atoms with Crippen LogP contribution in [0.3, 0.4) is 0 Å². The van der Waals surface area contributed by atoms with Gasteiger partial charge in [0.05, 0.1) is 17.2 Å². The van der Waals surface area contributed by atoms with Crippen LogP contribution in [-0.4, -0.2) is 10.9 Å². The molecule has 0 aliphatic heterocycles. The fraction of sp³-hybridized carbons (Fsp3) is 0.412. The van der Waals surface area contributed by atoms with Crippen molar-refractivity contribution in [2.45, 2.75) is 37.6 Å². The number of hydrogen-bond donors (Lipinski definition) is 1. The highest BCUT2D eigenvalue weighted by molar-refractivity contribution is 7.09. The van der Waals surface area contributed by atoms with Crippen molar-refractivity contribution in [1.82, 2.24) is 10.3 Å². The van der Waals surface area contributed by atoms with Gasteiger partial charge in [0.2, 0.25) is 5.91 Å². The first kappa shape index (κ1) is 13.9. The average Bonchev–Trinajstić information content (AvgIpc) is 3.44. The van der Waals surface area contributed by atoms with Crippen molar-refractivity contribution in [3.8, 4) is 0 Å². The normalized spacial score (nSPS) is 23.3. The van der Waals surface area contributed by atoms with Crippen LogP contribution in [0.1, 0.15) is 47.4 Å². The lowest BCUT2D eigenvalue weighted by atomic mass is 10.1. The highest BCUT2D eigenvalue weighted by Gasteiger charge is 2.43. The molecule has 1 aromatic carbocycles. The van der Waals surface area contributed by atoms with Crippen molar-refractivity contribution >= 4 is 17.2 Å². The number of amides is 1. The molecule has 22 heavy (non-hydrogen) atoms. The molecule has 114 valence electrons. The third kappa shape index (κ3) is 2.90. The van der Waals surface area contributed by atoms with Crippen LogP contribution in [0.4, 0.5) is 4.39 Å². The van der Waals surface area contributed by atoms with E-state index in [1.807, 2.05) is 5.38 Å². The van der Waals surface area contributed by atoms with Gasteiger partial charge in [0.15, 0.2) is 0 Å². The molecule has 2 aliphatic carbocycles. The number of nitrogens with zero attached hydrogens (tertiary/aromatic N) is 1. The SMILES string of the molecule is O=C(NCc1csc(C2CC2)n1)[C@H]1C[C@@H]1c1ccc(F)cc1. The summed E-state index contributed by atoms with van der Waals surface area (Å²) in [5, 5.41) is 6.22. The van der Waals surface area contributed by atoms with Gasteiger partial charge in [-0.3, -0.25) is 4.79 Å². The van der Waals surface area contributed by atoms with Crippen molar-refractivity contribution < 1.29 is 9.18 Å². The minimum Gasteiger partial charge on any atom is -0.350 e. The molecule has 3 nitrogen and oxygen atoms in total. The maximum atomic E-state index is 12.9. The molecule has 1 heterocycles. The Morgan fingerprint density at radius 1 is 1.32 bits per heavy atom. The second-order valence-electron chi connectivity index (χ2n) is 6.17. The molecule has 2 atom stereocenters. The highest BCUT2D eigenvalue weighted by Crippen LogP contribution is 2.47. The molecule has 4 rings (SSSR count). The van der Waals surface area contributed by atoms with Crippen LogP contribution in [0.15, 0.2) is 29.6 Å². The molecule has 0 saturated heterocycles. The fourth-order valence-electron chi connectivity index (χ4n) is 2.79. The standard InChI is InChI=1S/C17H17FN2OS/c18-12-5-3-10(4-6-12)14-7-15(14)16(21)19-8-13-9-22-17(20-13)11-1-2-11/h3-6,9,11,14-15H,1-2,7-8H2,(H,19,21)/t14-,15+/m1/s1. The largest absolute Gasteiger partial charge is 0.350 e. The van der Waals surface area contributed by atoms with Gasteiger partial charge in [-0.1, -0.05) is 12.1 Å². The van der Waals surface area contributed by atoms with Gasteiger partial charge in [0.25, 0.3) is 0 Å². The summed E-state index contributed by atoms with van der Waals surface area (Å²) in [5.74, 6) is 0.765. The maximum absolute atomic E-state index is 12.9. The van der Waals surface area contributed by atoms with Gasteiger partial charge in [-0.2, -0.15) is 0 Å². The fourth-order valence-corrected chi connectivity index (χ4v) is 3.78. The van der Waals surface area contributed by atoms with Crippen LogP contribution in [0, 0.1) is 11.7 Å². The van der Waals surface area contributed by atoms with Gasteiger partial charge in [0, 0.05) is 17.2 Å². The molecule has 2 aromatic rings. The Hall–Kier alpha value is -1.75. The van der Waals surface area contributed by atoms with Crippen LogP contribution >= 0.6 is 11.3 Å². The Labute approximate surface area is 132 Å². The first-order valence-electron chi connectivity index (χ1n) is 7.68. The first-order valence-corrected chi connectivity index (χ1v) is 8.56. The Morgan fingerprint density at radius 3 is 2.82 bits per heavy atom. The summed E-state index contributed by atoms with van der Waals surface area (Å²) in [6, 6.07) is 6.46. The summed E-state index contributed by atoms with van der Waals surface area (Å²) >= 11 is 1.70. The summed E-state index contributed by atoms with van der Waals surface area (Å²) in [4.78, 5) is 16.7. The van der Waals surface area contributed by atoms with Crippen molar-refractivity contribution in [3.05, 3.63) is 51.7 Å². The Morgan fingerprint density at radius 2 is 2.09 bits per heavy atom. The number of carbonyl (C=O) groups is 1. The molecule has 5 heteroatoms. The topological polar surface area (TPSA) is 42.0 Å². The zero-order valence-corrected chi connectivity index (χ0v) is 12.9. The van der Waals surface area contributed by atoms with E-state index in [2.05, 4.69) is 10.3 Å². The zero-order valence-electron chi connectivity index (χ0n) is 12.1. The van der Waals surface area contributed by atoms with E-state index in [4.69, 9.17) is 0 Å². The number of carbonyl (C=O) groups excluding carboxylic acids is 1. The third-order valence-electron chi connectivity index (χ3n) is 4.37. The molecule has 2 saturated carbocycles. The van der Waals surface area contributed by atoms with Crippen molar-refractivity contribution in [1.29, 1.82) is 0 Å². The summed E-state index contributed by atoms with van der Waals surface area (Å²) in [7, 11) is 0. The molecule has 0 unspecified atom stereocenters. The Bertz CT molecular complexity index is 693. The lowest BCUT2D eigenvalue weighted by Gasteiger charge is -2.03. The predicted molar refractivity (Wildman–Crippen MR) is 83.2 cm³/mol. The van der Waals surface area contributed by atoms with Crippen LogP contribution in [0.5, 0.6) is 0 Å². The van der Waals surface area contributed by atoms with E-state index in [9.17, 15) is 9.18 Å². The third-order valence-corrected chi connectivity index (χ3v) is 5.42. The van der Waals surface area contributed by atoms with Crippen LogP contribution < -0.4 is 5.32 Å². The number of thiazole rings is 1. The maximum Gasteiger partial charge on any atom is 0.224 e. The van der Waals surface area contributed by atoms with Crippen LogP contribution in [0.25, 0.3) is 0 Å². The minimum atomic E-state index is -0.236. The van der Waals surface area contributed by atoms with Gasteiger partial charge in [-0.05, 0) is 42.9 Å². The monoisotopic (exact) mass is 316 g/mol. The summed E-state index contributed by atoms with van der Waals surface area (Å²) < 4.78 is 12.9. The number of hydrogen-bond acceptors (Lipinski definition) is 3. The summed E-state index contributed by atoms with van der Waals surface area (Å²) in [6.45, 7) is 0.509. The number of aromatic nitrogens is 1. The summed E-state index contributed by atoms with van der Waals surface area (Å²) in [5.41, 5.74) is 2.01. The van der Waals surface area contributed by atoms with E-state index >= 15 is 0 Å². The summed E-state index contributed by atoms with van der Waals surface area (Å²) in [6.07, 6.45) is 3.35. The van der Waals surface area contributed by atoms with Gasteiger partial charge >= 0.3 is 0 Å². The van der Waals surface area contributed by atoms with E-state index in [1.165, 1.54) is 30.0 Å². The second-order valence-corrected chi connectivity index (χ2v) is 7.06. The van der Waals surface area contributed by atoms with Crippen LogP contribution in [0.2, 0.25) is 0 Å². The van der Waals surface area contributed by atoms with E-state index in [-0.39, 0.29) is 23.6 Å². The van der Waals surface area contributed by atoms with Crippen molar-refractivity contribution in [2.75, 3.05) is 0 Å². The van der Waals surface area contributed by atoms with Crippen LogP contribution in [-0.2, 0) is 11.3 Å².